The highest BCUT2D eigenvalue weighted by molar-refractivity contribution is 5.44. The lowest BCUT2D eigenvalue weighted by molar-refractivity contribution is 0.165. The lowest BCUT2D eigenvalue weighted by Crippen LogP contribution is -2.38. The molecule has 2 aliphatic rings. The fraction of sp³-hybridized carbons (Fsp3) is 0.368. The molecular weight excluding hydrogens is 300 g/mol. The van der Waals surface area contributed by atoms with Gasteiger partial charge in [-0.05, 0) is 37.5 Å². The Morgan fingerprint density at radius 3 is 3.04 bits per heavy atom. The van der Waals surface area contributed by atoms with Crippen molar-refractivity contribution in [2.24, 2.45) is 0 Å². The van der Waals surface area contributed by atoms with Crippen LogP contribution in [-0.2, 0) is 13.0 Å². The normalized spacial score (nSPS) is 22.9. The van der Waals surface area contributed by atoms with Gasteiger partial charge in [-0.1, -0.05) is 12.1 Å². The summed E-state index contributed by atoms with van der Waals surface area (Å²) in [6, 6.07) is 10.6. The molecule has 0 radical (unpaired) electrons. The molecule has 3 aromatic rings. The Hall–Kier alpha value is -2.40. The summed E-state index contributed by atoms with van der Waals surface area (Å²) in [6.45, 7) is 2.89. The monoisotopic (exact) mass is 320 g/mol. The van der Waals surface area contributed by atoms with Crippen LogP contribution in [0.15, 0.2) is 36.5 Å². The van der Waals surface area contributed by atoms with Gasteiger partial charge >= 0.3 is 0 Å². The molecule has 1 fully saturated rings. The van der Waals surface area contributed by atoms with Gasteiger partial charge in [0.1, 0.15) is 5.75 Å². The van der Waals surface area contributed by atoms with Crippen LogP contribution in [0.1, 0.15) is 41.4 Å². The summed E-state index contributed by atoms with van der Waals surface area (Å²) in [5.74, 6) is 0.340. The van der Waals surface area contributed by atoms with E-state index in [-0.39, 0.29) is 0 Å². The molecule has 2 atom stereocenters. The Bertz CT molecular complexity index is 932. The summed E-state index contributed by atoms with van der Waals surface area (Å²) in [4.78, 5) is 7.19. The molecule has 1 saturated heterocycles. The molecule has 0 amide bonds. The van der Waals surface area contributed by atoms with Gasteiger partial charge in [-0.3, -0.25) is 4.90 Å². The van der Waals surface area contributed by atoms with Crippen LogP contribution in [0.4, 0.5) is 0 Å². The summed E-state index contributed by atoms with van der Waals surface area (Å²) in [7, 11) is 0. The smallest absolute Gasteiger partial charge is 0.155 e. The maximum absolute atomic E-state index is 9.73. The highest BCUT2D eigenvalue weighted by Crippen LogP contribution is 2.44. The van der Waals surface area contributed by atoms with Crippen molar-refractivity contribution in [3.05, 3.63) is 59.0 Å². The van der Waals surface area contributed by atoms with Gasteiger partial charge < -0.3 is 5.11 Å². The van der Waals surface area contributed by atoms with Crippen LogP contribution < -0.4 is 0 Å². The third-order valence-corrected chi connectivity index (χ3v) is 5.44. The van der Waals surface area contributed by atoms with Gasteiger partial charge in [0.05, 0.1) is 11.4 Å². The summed E-state index contributed by atoms with van der Waals surface area (Å²) in [5.41, 5.74) is 5.78. The number of aromatic hydroxyl groups is 1. The van der Waals surface area contributed by atoms with E-state index in [2.05, 4.69) is 21.0 Å². The number of aryl methyl sites for hydroxylation is 1. The molecule has 5 nitrogen and oxygen atoms in total. The second-order valence-electron chi connectivity index (χ2n) is 7.01. The maximum Gasteiger partial charge on any atom is 0.155 e. The van der Waals surface area contributed by atoms with Crippen LogP contribution in [0, 0.1) is 6.92 Å². The van der Waals surface area contributed by atoms with Crippen molar-refractivity contribution in [2.75, 3.05) is 0 Å². The standard InChI is InChI=1S/C19H20N4O/c1-12-7-19-20-10-16-17-6-5-14(9-18(16)23(19)21-12)22(17)11-13-3-2-4-15(24)8-13/h2-4,7-8,10,14,17,24H,5-6,9,11H2,1H3. The largest absolute Gasteiger partial charge is 0.508 e. The summed E-state index contributed by atoms with van der Waals surface area (Å²) in [6.07, 6.45) is 5.45. The highest BCUT2D eigenvalue weighted by Gasteiger charge is 2.41. The lowest BCUT2D eigenvalue weighted by atomic mass is 9.98. The number of fused-ring (bicyclic) bond motifs is 6. The van der Waals surface area contributed by atoms with Crippen molar-refractivity contribution in [1.82, 2.24) is 19.5 Å². The molecule has 4 heterocycles. The highest BCUT2D eigenvalue weighted by atomic mass is 16.3. The second-order valence-corrected chi connectivity index (χ2v) is 7.01. The van der Waals surface area contributed by atoms with E-state index in [0.29, 0.717) is 17.8 Å². The first-order chi connectivity index (χ1) is 11.7. The van der Waals surface area contributed by atoms with Gasteiger partial charge in [0.2, 0.25) is 0 Å². The van der Waals surface area contributed by atoms with Gasteiger partial charge in [0.25, 0.3) is 0 Å². The third-order valence-electron chi connectivity index (χ3n) is 5.44. The van der Waals surface area contributed by atoms with E-state index in [1.807, 2.05) is 35.8 Å². The topological polar surface area (TPSA) is 53.7 Å². The van der Waals surface area contributed by atoms with Gasteiger partial charge in [0.15, 0.2) is 5.65 Å². The zero-order valence-electron chi connectivity index (χ0n) is 13.7. The Morgan fingerprint density at radius 1 is 1.25 bits per heavy atom. The zero-order chi connectivity index (χ0) is 16.3. The molecule has 2 aromatic heterocycles. The van der Waals surface area contributed by atoms with E-state index in [1.54, 1.807) is 6.07 Å². The summed E-state index contributed by atoms with van der Waals surface area (Å²) >= 11 is 0. The minimum absolute atomic E-state index is 0.340. The molecular formula is C19H20N4O. The number of benzene rings is 1. The van der Waals surface area contributed by atoms with Gasteiger partial charge in [0, 0.05) is 42.9 Å². The Kier molecular flexibility index (Phi) is 2.94. The number of hydrogen-bond acceptors (Lipinski definition) is 4. The van der Waals surface area contributed by atoms with Crippen molar-refractivity contribution in [1.29, 1.82) is 0 Å². The van der Waals surface area contributed by atoms with Crippen molar-refractivity contribution in [3.63, 3.8) is 0 Å². The van der Waals surface area contributed by atoms with Crippen molar-refractivity contribution in [3.8, 4) is 5.75 Å². The molecule has 0 spiro atoms. The summed E-state index contributed by atoms with van der Waals surface area (Å²) < 4.78 is 2.04. The van der Waals surface area contributed by atoms with E-state index in [0.717, 1.165) is 24.3 Å². The van der Waals surface area contributed by atoms with E-state index < -0.39 is 0 Å². The molecule has 5 rings (SSSR count). The lowest BCUT2D eigenvalue weighted by Gasteiger charge is -2.36. The predicted molar refractivity (Wildman–Crippen MR) is 90.8 cm³/mol. The van der Waals surface area contributed by atoms with Crippen LogP contribution in [-0.4, -0.2) is 30.6 Å². The van der Waals surface area contributed by atoms with Gasteiger partial charge in [-0.25, -0.2) is 9.50 Å². The molecule has 2 aliphatic heterocycles. The zero-order valence-corrected chi connectivity index (χ0v) is 13.7. The fourth-order valence-corrected chi connectivity index (χ4v) is 4.41. The molecule has 1 N–H and O–H groups in total. The van der Waals surface area contributed by atoms with Crippen LogP contribution in [0.2, 0.25) is 0 Å². The number of phenolic OH excluding ortho intramolecular Hbond substituents is 1. The van der Waals surface area contributed by atoms with E-state index in [4.69, 9.17) is 0 Å². The van der Waals surface area contributed by atoms with E-state index in [9.17, 15) is 5.11 Å². The first-order valence-corrected chi connectivity index (χ1v) is 8.57. The Balaban J connectivity index is 1.54. The van der Waals surface area contributed by atoms with Crippen LogP contribution in [0.3, 0.4) is 0 Å². The minimum atomic E-state index is 0.340. The van der Waals surface area contributed by atoms with Crippen molar-refractivity contribution < 1.29 is 5.11 Å². The number of phenols is 1. The van der Waals surface area contributed by atoms with Gasteiger partial charge in [-0.2, -0.15) is 5.10 Å². The molecule has 0 aliphatic carbocycles. The molecule has 1 aromatic carbocycles. The van der Waals surface area contributed by atoms with Crippen molar-refractivity contribution >= 4 is 5.65 Å². The Morgan fingerprint density at radius 2 is 2.17 bits per heavy atom. The van der Waals surface area contributed by atoms with Crippen LogP contribution in [0.25, 0.3) is 5.65 Å². The average Bonchev–Trinajstić information content (AvgIpc) is 3.06. The average molecular weight is 320 g/mol. The van der Waals surface area contributed by atoms with E-state index >= 15 is 0 Å². The quantitative estimate of drug-likeness (QED) is 0.788. The maximum atomic E-state index is 9.73. The molecule has 2 unspecified atom stereocenters. The minimum Gasteiger partial charge on any atom is -0.508 e. The third kappa shape index (κ3) is 2.04. The predicted octanol–water partition coefficient (Wildman–Crippen LogP) is 3.01. The number of nitrogens with zero attached hydrogens (tertiary/aromatic N) is 4. The van der Waals surface area contributed by atoms with E-state index in [1.165, 1.54) is 29.7 Å². The van der Waals surface area contributed by atoms with Crippen LogP contribution >= 0.6 is 0 Å². The molecule has 0 saturated carbocycles. The van der Waals surface area contributed by atoms with Crippen LogP contribution in [0.5, 0.6) is 5.75 Å². The van der Waals surface area contributed by atoms with Crippen molar-refractivity contribution in [2.45, 2.75) is 44.8 Å². The molecule has 2 bridgehead atoms. The first-order valence-electron chi connectivity index (χ1n) is 8.57. The number of hydrogen-bond donors (Lipinski definition) is 1. The van der Waals surface area contributed by atoms with Gasteiger partial charge in [-0.15, -0.1) is 0 Å². The molecule has 24 heavy (non-hydrogen) atoms. The SMILES string of the molecule is Cc1cc2ncc3c(n2n1)CC1CCC3N1Cc1cccc(O)c1. The first kappa shape index (κ1) is 14.0. The molecule has 5 heteroatoms. The Labute approximate surface area is 140 Å². The second kappa shape index (κ2) is 5.05. The number of rotatable bonds is 2. The fourth-order valence-electron chi connectivity index (χ4n) is 4.41. The summed E-state index contributed by atoms with van der Waals surface area (Å²) in [5, 5.41) is 14.4. The molecule has 122 valence electrons. The number of aromatic nitrogens is 3.